The van der Waals surface area contributed by atoms with Crippen LogP contribution in [0.4, 0.5) is 8.78 Å². The smallest absolute Gasteiger partial charge is 0.133 e. The fraction of sp³-hybridized carbons (Fsp3) is 0.167. The van der Waals surface area contributed by atoms with Gasteiger partial charge in [-0.05, 0) is 18.2 Å². The molecule has 0 saturated carbocycles. The predicted octanol–water partition coefficient (Wildman–Crippen LogP) is 1.63. The molecule has 0 aromatic carbocycles. The van der Waals surface area contributed by atoms with Crippen molar-refractivity contribution in [1.29, 1.82) is 0 Å². The van der Waals surface area contributed by atoms with Crippen LogP contribution in [0.25, 0.3) is 0 Å². The molecule has 1 unspecified atom stereocenters. The van der Waals surface area contributed by atoms with Crippen LogP contribution in [-0.4, -0.2) is 6.17 Å². The Morgan fingerprint density at radius 2 is 2.38 bits per heavy atom. The van der Waals surface area contributed by atoms with Gasteiger partial charge in [0, 0.05) is 0 Å². The first-order chi connectivity index (χ1) is 3.79. The van der Waals surface area contributed by atoms with Gasteiger partial charge in [-0.3, -0.25) is 0 Å². The molecule has 0 N–H and O–H groups in total. The maximum atomic E-state index is 11.9. The third kappa shape index (κ3) is 1.15. The average Bonchev–Trinajstić information content (AvgIpc) is 1.64. The summed E-state index contributed by atoms with van der Waals surface area (Å²) in [7, 11) is 0. The van der Waals surface area contributed by atoms with E-state index in [9.17, 15) is 8.78 Å². The monoisotopic (exact) mass is 113 g/mol. The largest absolute Gasteiger partial charge is 0.242 e. The van der Waals surface area contributed by atoms with E-state index in [1.165, 1.54) is 0 Å². The average molecular weight is 113 g/mol. The molecular formula is C6H3F2. The zero-order valence-corrected chi connectivity index (χ0v) is 3.99. The van der Waals surface area contributed by atoms with Crippen LogP contribution in [0.1, 0.15) is 0 Å². The zero-order chi connectivity index (χ0) is 5.98. The minimum absolute atomic E-state index is 0.681. The van der Waals surface area contributed by atoms with Crippen molar-refractivity contribution in [2.24, 2.45) is 0 Å². The van der Waals surface area contributed by atoms with Gasteiger partial charge in [-0.15, -0.1) is 0 Å². The Kier molecular flexibility index (Phi) is 1.42. The van der Waals surface area contributed by atoms with E-state index in [0.717, 1.165) is 12.2 Å². The van der Waals surface area contributed by atoms with Gasteiger partial charge >= 0.3 is 0 Å². The maximum absolute atomic E-state index is 11.9. The summed E-state index contributed by atoms with van der Waals surface area (Å²) >= 11 is 0. The molecule has 1 atom stereocenters. The van der Waals surface area contributed by atoms with Crippen molar-refractivity contribution in [2.45, 2.75) is 6.17 Å². The van der Waals surface area contributed by atoms with Crippen molar-refractivity contribution in [3.8, 4) is 0 Å². The van der Waals surface area contributed by atoms with Gasteiger partial charge in [-0.1, -0.05) is 0 Å². The quantitative estimate of drug-likeness (QED) is 0.448. The lowest BCUT2D eigenvalue weighted by Crippen LogP contribution is -1.99. The fourth-order valence-corrected chi connectivity index (χ4v) is 0.421. The van der Waals surface area contributed by atoms with E-state index in [2.05, 4.69) is 6.08 Å². The third-order valence-electron chi connectivity index (χ3n) is 0.728. The van der Waals surface area contributed by atoms with E-state index in [1.54, 1.807) is 0 Å². The highest BCUT2D eigenvalue weighted by Gasteiger charge is 2.09. The van der Waals surface area contributed by atoms with Crippen LogP contribution >= 0.6 is 0 Å². The first kappa shape index (κ1) is 5.48. The molecular weight excluding hydrogens is 110 g/mol. The fourth-order valence-electron chi connectivity index (χ4n) is 0.421. The maximum Gasteiger partial charge on any atom is 0.133 e. The molecule has 1 rings (SSSR count). The van der Waals surface area contributed by atoms with Gasteiger partial charge in [0.1, 0.15) is 12.0 Å². The van der Waals surface area contributed by atoms with Crippen molar-refractivity contribution >= 4 is 0 Å². The van der Waals surface area contributed by atoms with Crippen LogP contribution in [0.15, 0.2) is 18.0 Å². The van der Waals surface area contributed by atoms with Gasteiger partial charge in [0.15, 0.2) is 0 Å². The van der Waals surface area contributed by atoms with E-state index >= 15 is 0 Å². The van der Waals surface area contributed by atoms with Crippen LogP contribution in [0, 0.1) is 12.5 Å². The standard InChI is InChI=1S/C6H3F2/c7-5-2-1-3-6(8)4-5/h2-3,5H. The van der Waals surface area contributed by atoms with Gasteiger partial charge in [0.05, 0.1) is 6.42 Å². The minimum Gasteiger partial charge on any atom is -0.242 e. The lowest BCUT2D eigenvalue weighted by atomic mass is 10.1. The molecule has 0 aliphatic heterocycles. The summed E-state index contributed by atoms with van der Waals surface area (Å²) in [4.78, 5) is 0. The van der Waals surface area contributed by atoms with Gasteiger partial charge < -0.3 is 0 Å². The van der Waals surface area contributed by atoms with Gasteiger partial charge in [-0.2, -0.15) is 0 Å². The summed E-state index contributed by atoms with van der Waals surface area (Å²) in [5.74, 6) is -0.681. The van der Waals surface area contributed by atoms with E-state index in [4.69, 9.17) is 0 Å². The Morgan fingerprint density at radius 3 is 2.75 bits per heavy atom. The first-order valence-corrected chi connectivity index (χ1v) is 2.15. The summed E-state index contributed by atoms with van der Waals surface area (Å²) in [6.45, 7) is 0. The second kappa shape index (κ2) is 2.07. The lowest BCUT2D eigenvalue weighted by Gasteiger charge is -2.00. The lowest BCUT2D eigenvalue weighted by molar-refractivity contribution is 0.428. The number of halogens is 2. The number of hydrogen-bond acceptors (Lipinski definition) is 0. The van der Waals surface area contributed by atoms with Crippen LogP contribution < -0.4 is 0 Å². The molecule has 0 heterocycles. The molecule has 8 heavy (non-hydrogen) atoms. The Bertz CT molecular complexity index is 135. The minimum atomic E-state index is -1.42. The molecule has 3 radical (unpaired) electrons. The van der Waals surface area contributed by atoms with E-state index in [0.29, 0.717) is 0 Å². The van der Waals surface area contributed by atoms with Gasteiger partial charge in [0.2, 0.25) is 0 Å². The molecule has 0 bridgehead atoms. The molecule has 0 saturated heterocycles. The number of rotatable bonds is 0. The van der Waals surface area contributed by atoms with Crippen molar-refractivity contribution in [1.82, 2.24) is 0 Å². The third-order valence-corrected chi connectivity index (χ3v) is 0.728. The van der Waals surface area contributed by atoms with Crippen LogP contribution in [0.2, 0.25) is 0 Å². The molecule has 0 aromatic heterocycles. The Balaban J connectivity index is 2.59. The number of allylic oxidation sites excluding steroid dienone is 4. The van der Waals surface area contributed by atoms with Crippen molar-refractivity contribution in [3.05, 3.63) is 30.5 Å². The molecule has 0 amide bonds. The van der Waals surface area contributed by atoms with E-state index in [-0.39, 0.29) is 0 Å². The molecule has 1 aliphatic rings. The Morgan fingerprint density at radius 1 is 1.62 bits per heavy atom. The SMILES string of the molecule is FC1=C[C]=CC(F)[C]1. The number of hydrogen-bond donors (Lipinski definition) is 0. The van der Waals surface area contributed by atoms with Crippen LogP contribution in [0.3, 0.4) is 0 Å². The van der Waals surface area contributed by atoms with Gasteiger partial charge in [-0.25, -0.2) is 8.78 Å². The summed E-state index contributed by atoms with van der Waals surface area (Å²) in [6, 6.07) is 0. The highest BCUT2D eigenvalue weighted by Crippen LogP contribution is 2.13. The highest BCUT2D eigenvalue weighted by atomic mass is 19.1. The first-order valence-electron chi connectivity index (χ1n) is 2.15. The zero-order valence-electron chi connectivity index (χ0n) is 3.99. The molecule has 1 aliphatic carbocycles. The molecule has 41 valence electrons. The molecule has 2 heteroatoms. The van der Waals surface area contributed by atoms with Crippen molar-refractivity contribution < 1.29 is 8.78 Å². The molecule has 0 nitrogen and oxygen atoms in total. The van der Waals surface area contributed by atoms with Crippen molar-refractivity contribution in [2.75, 3.05) is 0 Å². The second-order valence-electron chi connectivity index (χ2n) is 1.37. The summed E-state index contributed by atoms with van der Waals surface area (Å²) in [5, 5.41) is 0. The summed E-state index contributed by atoms with van der Waals surface area (Å²) in [6.07, 6.45) is 4.89. The van der Waals surface area contributed by atoms with Crippen molar-refractivity contribution in [3.63, 3.8) is 0 Å². The molecule has 0 spiro atoms. The molecule has 0 fully saturated rings. The van der Waals surface area contributed by atoms with Crippen LogP contribution in [-0.2, 0) is 0 Å². The van der Waals surface area contributed by atoms with E-state index < -0.39 is 12.0 Å². The predicted molar refractivity (Wildman–Crippen MR) is 25.1 cm³/mol. The summed E-state index contributed by atoms with van der Waals surface area (Å²) in [5.41, 5.74) is 0. The second-order valence-corrected chi connectivity index (χ2v) is 1.37. The van der Waals surface area contributed by atoms with Gasteiger partial charge in [0.25, 0.3) is 0 Å². The number of alkyl halides is 1. The molecule has 0 aromatic rings. The topological polar surface area (TPSA) is 0 Å². The Hall–Kier alpha value is -0.660. The van der Waals surface area contributed by atoms with Crippen LogP contribution in [0.5, 0.6) is 0 Å². The highest BCUT2D eigenvalue weighted by molar-refractivity contribution is 5.21. The Labute approximate surface area is 46.5 Å². The normalized spacial score (nSPS) is 27.8. The summed E-state index contributed by atoms with van der Waals surface area (Å²) < 4.78 is 23.8. The van der Waals surface area contributed by atoms with E-state index in [1.807, 2.05) is 6.42 Å².